The van der Waals surface area contributed by atoms with Crippen molar-refractivity contribution >= 4 is 28.7 Å². The molecule has 2 aromatic carbocycles. The average Bonchev–Trinajstić information content (AvgIpc) is 3.14. The van der Waals surface area contributed by atoms with E-state index in [1.807, 2.05) is 30.3 Å². The lowest BCUT2D eigenvalue weighted by Crippen LogP contribution is -2.42. The maximum absolute atomic E-state index is 12.8. The molecule has 158 valence electrons. The summed E-state index contributed by atoms with van der Waals surface area (Å²) in [7, 11) is 3.14. The van der Waals surface area contributed by atoms with Crippen molar-refractivity contribution < 1.29 is 9.53 Å². The molecule has 0 amide bonds. The number of aromatic nitrogens is 4. The zero-order chi connectivity index (χ0) is 22.1. The fourth-order valence-electron chi connectivity index (χ4n) is 3.42. The van der Waals surface area contributed by atoms with Gasteiger partial charge in [-0.15, -0.1) is 0 Å². The highest BCUT2D eigenvalue weighted by Gasteiger charge is 2.19. The van der Waals surface area contributed by atoms with Gasteiger partial charge in [0.05, 0.1) is 6.33 Å². The van der Waals surface area contributed by atoms with Gasteiger partial charge in [-0.3, -0.25) is 9.36 Å². The van der Waals surface area contributed by atoms with Crippen molar-refractivity contribution in [1.82, 2.24) is 18.7 Å². The molecule has 4 rings (SSSR count). The van der Waals surface area contributed by atoms with Crippen molar-refractivity contribution in [2.24, 2.45) is 14.1 Å². The third-order valence-corrected chi connectivity index (χ3v) is 5.21. The van der Waals surface area contributed by atoms with E-state index in [9.17, 15) is 14.4 Å². The van der Waals surface area contributed by atoms with Crippen molar-refractivity contribution in [3.63, 3.8) is 0 Å². The summed E-state index contributed by atoms with van der Waals surface area (Å²) >= 11 is 6.13. The number of rotatable bonds is 5. The summed E-state index contributed by atoms with van der Waals surface area (Å²) in [4.78, 5) is 42.1. The minimum Gasteiger partial charge on any atom is -0.425 e. The second-order valence-electron chi connectivity index (χ2n) is 7.15. The number of aryl methyl sites for hydroxylation is 2. The molecule has 0 radical (unpaired) electrons. The SMILES string of the molecule is Cn1cnc2c1c(=O)n(CC(=O)Oc1ccc(Cl)cc1Cc1ccccc1)c(=O)n2C. The van der Waals surface area contributed by atoms with E-state index < -0.39 is 23.8 Å². The van der Waals surface area contributed by atoms with Crippen LogP contribution in [0.5, 0.6) is 5.75 Å². The summed E-state index contributed by atoms with van der Waals surface area (Å²) < 4.78 is 9.11. The minimum atomic E-state index is -0.739. The Morgan fingerprint density at radius 2 is 1.84 bits per heavy atom. The van der Waals surface area contributed by atoms with E-state index in [1.54, 1.807) is 25.2 Å². The van der Waals surface area contributed by atoms with Gasteiger partial charge in [0, 0.05) is 31.1 Å². The second-order valence-corrected chi connectivity index (χ2v) is 7.59. The molecule has 0 fully saturated rings. The number of hydrogen-bond donors (Lipinski definition) is 0. The number of carbonyl (C=O) groups is 1. The Bertz CT molecular complexity index is 1400. The summed E-state index contributed by atoms with van der Waals surface area (Å²) in [6, 6.07) is 14.6. The van der Waals surface area contributed by atoms with Crippen molar-refractivity contribution in [3.05, 3.63) is 91.8 Å². The Labute approximate surface area is 181 Å². The summed E-state index contributed by atoms with van der Waals surface area (Å²) in [6.07, 6.45) is 1.95. The zero-order valence-electron chi connectivity index (χ0n) is 16.9. The minimum absolute atomic E-state index is 0.228. The second kappa shape index (κ2) is 8.23. The highest BCUT2D eigenvalue weighted by atomic mass is 35.5. The quantitative estimate of drug-likeness (QED) is 0.352. The summed E-state index contributed by atoms with van der Waals surface area (Å²) in [5.74, 6) is -0.415. The molecule has 0 bridgehead atoms. The van der Waals surface area contributed by atoms with Crippen LogP contribution in [0.15, 0.2) is 64.4 Å². The van der Waals surface area contributed by atoms with Crippen LogP contribution in [0.25, 0.3) is 11.2 Å². The molecule has 0 spiro atoms. The normalized spacial score (nSPS) is 11.1. The van der Waals surface area contributed by atoms with Crippen LogP contribution in [0.3, 0.4) is 0 Å². The number of carbonyl (C=O) groups excluding carboxylic acids is 1. The van der Waals surface area contributed by atoms with E-state index >= 15 is 0 Å². The predicted octanol–water partition coefficient (Wildman–Crippen LogP) is 2.28. The number of hydrogen-bond acceptors (Lipinski definition) is 5. The number of ether oxygens (including phenoxy) is 1. The number of esters is 1. The van der Waals surface area contributed by atoms with E-state index in [2.05, 4.69) is 4.98 Å². The Morgan fingerprint density at radius 3 is 2.58 bits per heavy atom. The van der Waals surface area contributed by atoms with Crippen LogP contribution in [0.2, 0.25) is 5.02 Å². The molecule has 0 saturated carbocycles. The first-order valence-corrected chi connectivity index (χ1v) is 9.87. The summed E-state index contributed by atoms with van der Waals surface area (Å²) in [5.41, 5.74) is 0.976. The van der Waals surface area contributed by atoms with Crippen LogP contribution in [-0.2, 0) is 31.9 Å². The van der Waals surface area contributed by atoms with Crippen molar-refractivity contribution in [3.8, 4) is 5.75 Å². The maximum atomic E-state index is 12.8. The van der Waals surface area contributed by atoms with E-state index in [0.29, 0.717) is 17.2 Å². The third-order valence-electron chi connectivity index (χ3n) is 4.97. The topological polar surface area (TPSA) is 88.1 Å². The molecule has 0 aliphatic heterocycles. The molecule has 0 aliphatic rings. The largest absolute Gasteiger partial charge is 0.425 e. The molecule has 0 unspecified atom stereocenters. The number of benzene rings is 2. The molecular formula is C22H19ClN4O4. The fourth-order valence-corrected chi connectivity index (χ4v) is 3.62. The zero-order valence-corrected chi connectivity index (χ0v) is 17.7. The molecule has 0 N–H and O–H groups in total. The van der Waals surface area contributed by atoms with Gasteiger partial charge < -0.3 is 9.30 Å². The van der Waals surface area contributed by atoms with Crippen LogP contribution < -0.4 is 16.0 Å². The molecule has 4 aromatic rings. The lowest BCUT2D eigenvalue weighted by molar-refractivity contribution is -0.135. The average molecular weight is 439 g/mol. The van der Waals surface area contributed by atoms with Gasteiger partial charge in [-0.05, 0) is 23.8 Å². The van der Waals surface area contributed by atoms with Crippen molar-refractivity contribution in [1.29, 1.82) is 0 Å². The van der Waals surface area contributed by atoms with E-state index in [-0.39, 0.29) is 11.2 Å². The van der Waals surface area contributed by atoms with Gasteiger partial charge in [-0.1, -0.05) is 41.9 Å². The van der Waals surface area contributed by atoms with Gasteiger partial charge in [0.2, 0.25) is 0 Å². The van der Waals surface area contributed by atoms with Gasteiger partial charge in [0.25, 0.3) is 5.56 Å². The van der Waals surface area contributed by atoms with Gasteiger partial charge in [0.15, 0.2) is 11.2 Å². The lowest BCUT2D eigenvalue weighted by Gasteiger charge is -2.12. The van der Waals surface area contributed by atoms with E-state index in [4.69, 9.17) is 16.3 Å². The van der Waals surface area contributed by atoms with Crippen LogP contribution in [0.4, 0.5) is 0 Å². The molecule has 0 saturated heterocycles. The molecule has 2 heterocycles. The summed E-state index contributed by atoms with van der Waals surface area (Å²) in [6.45, 7) is -0.528. The molecule has 0 aliphatic carbocycles. The number of imidazole rings is 1. The molecule has 2 aromatic heterocycles. The highest BCUT2D eigenvalue weighted by molar-refractivity contribution is 6.30. The standard InChI is InChI=1S/C22H19ClN4O4/c1-25-13-24-20-19(25)21(29)27(22(30)26(20)2)12-18(28)31-17-9-8-16(23)11-15(17)10-14-6-4-3-5-7-14/h3-9,11,13H,10,12H2,1-2H3. The number of nitrogens with zero attached hydrogens (tertiary/aromatic N) is 4. The number of fused-ring (bicyclic) bond motifs is 1. The first-order chi connectivity index (χ1) is 14.8. The molecule has 9 heteroatoms. The fraction of sp³-hybridized carbons (Fsp3) is 0.182. The predicted molar refractivity (Wildman–Crippen MR) is 117 cm³/mol. The Hall–Kier alpha value is -3.65. The lowest BCUT2D eigenvalue weighted by atomic mass is 10.0. The van der Waals surface area contributed by atoms with Crippen LogP contribution in [-0.4, -0.2) is 24.7 Å². The molecule has 8 nitrogen and oxygen atoms in total. The Morgan fingerprint density at radius 1 is 1.10 bits per heavy atom. The van der Waals surface area contributed by atoms with Crippen molar-refractivity contribution in [2.75, 3.05) is 0 Å². The number of halogens is 1. The van der Waals surface area contributed by atoms with Gasteiger partial charge in [0.1, 0.15) is 12.3 Å². The molecular weight excluding hydrogens is 420 g/mol. The Kier molecular flexibility index (Phi) is 5.48. The first kappa shape index (κ1) is 20.6. The Balaban J connectivity index is 1.64. The monoisotopic (exact) mass is 438 g/mol. The van der Waals surface area contributed by atoms with Gasteiger partial charge in [-0.25, -0.2) is 19.1 Å². The van der Waals surface area contributed by atoms with Crippen LogP contribution in [0, 0.1) is 0 Å². The highest BCUT2D eigenvalue weighted by Crippen LogP contribution is 2.25. The van der Waals surface area contributed by atoms with Crippen LogP contribution >= 0.6 is 11.6 Å². The maximum Gasteiger partial charge on any atom is 0.333 e. The van der Waals surface area contributed by atoms with Crippen molar-refractivity contribution in [2.45, 2.75) is 13.0 Å². The van der Waals surface area contributed by atoms with Gasteiger partial charge >= 0.3 is 11.7 Å². The van der Waals surface area contributed by atoms with E-state index in [0.717, 1.165) is 15.7 Å². The third kappa shape index (κ3) is 4.02. The molecule has 0 atom stereocenters. The van der Waals surface area contributed by atoms with Gasteiger partial charge in [-0.2, -0.15) is 0 Å². The van der Waals surface area contributed by atoms with Crippen LogP contribution in [0.1, 0.15) is 11.1 Å². The first-order valence-electron chi connectivity index (χ1n) is 9.49. The van der Waals surface area contributed by atoms with E-state index in [1.165, 1.54) is 22.5 Å². The smallest absolute Gasteiger partial charge is 0.333 e. The molecule has 31 heavy (non-hydrogen) atoms. The summed E-state index contributed by atoms with van der Waals surface area (Å²) in [5, 5.41) is 0.512.